The number of aryl methyl sites for hydroxylation is 3. The van der Waals surface area contributed by atoms with Crippen LogP contribution in [0.3, 0.4) is 0 Å². The Kier molecular flexibility index (Phi) is 3.15. The van der Waals surface area contributed by atoms with Gasteiger partial charge in [0.25, 0.3) is 0 Å². The van der Waals surface area contributed by atoms with Crippen LogP contribution in [-0.4, -0.2) is 15.3 Å². The lowest BCUT2D eigenvalue weighted by Gasteiger charge is -2.07. The van der Waals surface area contributed by atoms with Gasteiger partial charge in [-0.3, -0.25) is 4.79 Å². The zero-order valence-electron chi connectivity index (χ0n) is 9.99. The van der Waals surface area contributed by atoms with Crippen LogP contribution in [0.4, 0.5) is 0 Å². The van der Waals surface area contributed by atoms with Crippen molar-refractivity contribution >= 4 is 21.7 Å². The van der Waals surface area contributed by atoms with Crippen LogP contribution < -0.4 is 0 Å². The lowest BCUT2D eigenvalue weighted by molar-refractivity contribution is 0.102. The first-order valence-corrected chi connectivity index (χ1v) is 6.08. The van der Waals surface area contributed by atoms with Gasteiger partial charge in [0.2, 0.25) is 5.78 Å². The zero-order valence-corrected chi connectivity index (χ0v) is 11.6. The smallest absolute Gasteiger partial charge is 0.228 e. The van der Waals surface area contributed by atoms with E-state index < -0.39 is 0 Å². The van der Waals surface area contributed by atoms with Gasteiger partial charge >= 0.3 is 0 Å². The van der Waals surface area contributed by atoms with E-state index in [4.69, 9.17) is 0 Å². The molecule has 0 N–H and O–H groups in total. The minimum atomic E-state index is -0.0452. The summed E-state index contributed by atoms with van der Waals surface area (Å²) < 4.78 is 2.78. The number of imidazole rings is 1. The highest BCUT2D eigenvalue weighted by atomic mass is 79.9. The predicted molar refractivity (Wildman–Crippen MR) is 70.3 cm³/mol. The zero-order chi connectivity index (χ0) is 12.6. The van der Waals surface area contributed by atoms with Crippen LogP contribution in [0, 0.1) is 13.8 Å². The molecule has 0 saturated carbocycles. The molecule has 1 aromatic heterocycles. The summed E-state index contributed by atoms with van der Waals surface area (Å²) in [5.41, 5.74) is 2.79. The molecule has 2 aromatic rings. The molecule has 0 atom stereocenters. The molecule has 4 heteroatoms. The molecule has 0 bridgehead atoms. The summed E-state index contributed by atoms with van der Waals surface area (Å²) in [5, 5.41) is 0. The topological polar surface area (TPSA) is 34.9 Å². The number of hydrogen-bond acceptors (Lipinski definition) is 2. The number of rotatable bonds is 2. The number of halogens is 1. The van der Waals surface area contributed by atoms with Crippen LogP contribution in [0.15, 0.2) is 29.0 Å². The average Bonchev–Trinajstić information content (AvgIpc) is 2.70. The van der Waals surface area contributed by atoms with Crippen molar-refractivity contribution in [2.24, 2.45) is 7.05 Å². The van der Waals surface area contributed by atoms with E-state index in [9.17, 15) is 4.79 Å². The monoisotopic (exact) mass is 292 g/mol. The lowest BCUT2D eigenvalue weighted by atomic mass is 10.0. The Bertz CT molecular complexity index is 564. The molecule has 0 aliphatic heterocycles. The van der Waals surface area contributed by atoms with Crippen LogP contribution in [0.2, 0.25) is 0 Å². The van der Waals surface area contributed by atoms with Crippen molar-refractivity contribution in [3.8, 4) is 0 Å². The molecule has 1 heterocycles. The quantitative estimate of drug-likeness (QED) is 0.798. The van der Waals surface area contributed by atoms with Gasteiger partial charge < -0.3 is 4.57 Å². The van der Waals surface area contributed by atoms with Crippen molar-refractivity contribution in [2.45, 2.75) is 13.8 Å². The molecule has 88 valence electrons. The minimum Gasteiger partial charge on any atom is -0.331 e. The summed E-state index contributed by atoms with van der Waals surface area (Å²) >= 11 is 3.49. The van der Waals surface area contributed by atoms with E-state index in [-0.39, 0.29) is 5.78 Å². The Labute approximate surface area is 109 Å². The Morgan fingerprint density at radius 3 is 2.35 bits per heavy atom. The SMILES string of the molecule is Cc1cc(C(=O)c2nccn2C)cc(C)c1Br. The van der Waals surface area contributed by atoms with Gasteiger partial charge in [-0.2, -0.15) is 0 Å². The Balaban J connectivity index is 2.49. The highest BCUT2D eigenvalue weighted by molar-refractivity contribution is 9.10. The number of hydrogen-bond donors (Lipinski definition) is 0. The third-order valence-corrected chi connectivity index (χ3v) is 3.97. The van der Waals surface area contributed by atoms with Gasteiger partial charge in [0.05, 0.1) is 0 Å². The number of nitrogens with zero attached hydrogens (tertiary/aromatic N) is 2. The summed E-state index contributed by atoms with van der Waals surface area (Å²) in [6, 6.07) is 3.77. The fraction of sp³-hybridized carbons (Fsp3) is 0.231. The van der Waals surface area contributed by atoms with Crippen LogP contribution >= 0.6 is 15.9 Å². The normalized spacial score (nSPS) is 10.6. The molecule has 0 saturated heterocycles. The van der Waals surface area contributed by atoms with E-state index in [1.807, 2.05) is 33.0 Å². The van der Waals surface area contributed by atoms with Crippen LogP contribution in [0.25, 0.3) is 0 Å². The van der Waals surface area contributed by atoms with Gasteiger partial charge in [0, 0.05) is 29.5 Å². The first kappa shape index (κ1) is 12.0. The maximum absolute atomic E-state index is 12.2. The number of benzene rings is 1. The first-order chi connectivity index (χ1) is 8.00. The van der Waals surface area contributed by atoms with Crippen molar-refractivity contribution in [3.63, 3.8) is 0 Å². The molecule has 0 amide bonds. The molecule has 0 aliphatic rings. The molecule has 0 aliphatic carbocycles. The molecule has 1 aromatic carbocycles. The third-order valence-electron chi connectivity index (χ3n) is 2.72. The van der Waals surface area contributed by atoms with E-state index in [2.05, 4.69) is 20.9 Å². The number of carbonyl (C=O) groups excluding carboxylic acids is 1. The molecular weight excluding hydrogens is 280 g/mol. The lowest BCUT2D eigenvalue weighted by Crippen LogP contribution is -2.09. The molecule has 17 heavy (non-hydrogen) atoms. The molecule has 0 radical (unpaired) electrons. The molecule has 2 rings (SSSR count). The number of ketones is 1. The van der Waals surface area contributed by atoms with Gasteiger partial charge in [-0.05, 0) is 37.1 Å². The molecule has 0 spiro atoms. The van der Waals surface area contributed by atoms with Crippen molar-refractivity contribution in [1.82, 2.24) is 9.55 Å². The second-order valence-corrected chi connectivity index (χ2v) is 4.91. The second-order valence-electron chi connectivity index (χ2n) is 4.11. The van der Waals surface area contributed by atoms with E-state index >= 15 is 0 Å². The number of aromatic nitrogens is 2. The van der Waals surface area contributed by atoms with E-state index in [1.165, 1.54) is 0 Å². The standard InChI is InChI=1S/C13H13BrN2O/c1-8-6-10(7-9(2)11(8)14)12(17)13-15-4-5-16(13)3/h4-7H,1-3H3. The minimum absolute atomic E-state index is 0.0452. The van der Waals surface area contributed by atoms with E-state index in [1.54, 1.807) is 17.0 Å². The van der Waals surface area contributed by atoms with E-state index in [0.717, 1.165) is 15.6 Å². The summed E-state index contributed by atoms with van der Waals surface area (Å²) in [7, 11) is 1.82. The van der Waals surface area contributed by atoms with Gasteiger partial charge in [-0.15, -0.1) is 0 Å². The second kappa shape index (κ2) is 4.45. The Morgan fingerprint density at radius 1 is 1.29 bits per heavy atom. The fourth-order valence-electron chi connectivity index (χ4n) is 1.79. The summed E-state index contributed by atoms with van der Waals surface area (Å²) in [6.07, 6.45) is 3.40. The molecular formula is C13H13BrN2O. The molecule has 0 fully saturated rings. The third kappa shape index (κ3) is 2.17. The van der Waals surface area contributed by atoms with Crippen LogP contribution in [0.1, 0.15) is 27.3 Å². The van der Waals surface area contributed by atoms with Gasteiger partial charge in [-0.1, -0.05) is 15.9 Å². The highest BCUT2D eigenvalue weighted by Gasteiger charge is 2.15. The summed E-state index contributed by atoms with van der Waals surface area (Å²) in [6.45, 7) is 3.96. The van der Waals surface area contributed by atoms with Crippen molar-refractivity contribution in [3.05, 3.63) is 51.5 Å². The molecule has 0 unspecified atom stereocenters. The summed E-state index contributed by atoms with van der Waals surface area (Å²) in [5.74, 6) is 0.419. The van der Waals surface area contributed by atoms with Crippen molar-refractivity contribution in [2.75, 3.05) is 0 Å². The molecule has 3 nitrogen and oxygen atoms in total. The van der Waals surface area contributed by atoms with E-state index in [0.29, 0.717) is 11.4 Å². The fourth-order valence-corrected chi connectivity index (χ4v) is 2.02. The van der Waals surface area contributed by atoms with Crippen LogP contribution in [0.5, 0.6) is 0 Å². The van der Waals surface area contributed by atoms with Crippen molar-refractivity contribution in [1.29, 1.82) is 0 Å². The highest BCUT2D eigenvalue weighted by Crippen LogP contribution is 2.23. The average molecular weight is 293 g/mol. The maximum Gasteiger partial charge on any atom is 0.228 e. The van der Waals surface area contributed by atoms with Gasteiger partial charge in [0.1, 0.15) is 0 Å². The van der Waals surface area contributed by atoms with Gasteiger partial charge in [0.15, 0.2) is 5.82 Å². The van der Waals surface area contributed by atoms with Crippen LogP contribution in [-0.2, 0) is 7.05 Å². The first-order valence-electron chi connectivity index (χ1n) is 5.29. The predicted octanol–water partition coefficient (Wildman–Crippen LogP) is 3.03. The largest absolute Gasteiger partial charge is 0.331 e. The Morgan fingerprint density at radius 2 is 1.88 bits per heavy atom. The van der Waals surface area contributed by atoms with Gasteiger partial charge in [-0.25, -0.2) is 4.98 Å². The maximum atomic E-state index is 12.2. The summed E-state index contributed by atoms with van der Waals surface area (Å²) in [4.78, 5) is 16.3. The Hall–Kier alpha value is -1.42. The van der Waals surface area contributed by atoms with Crippen molar-refractivity contribution < 1.29 is 4.79 Å². The number of carbonyl (C=O) groups is 1.